The molecule has 0 atom stereocenters. The second kappa shape index (κ2) is 11.3. The number of rotatable bonds is 12. The summed E-state index contributed by atoms with van der Waals surface area (Å²) in [6.45, 7) is 5.49. The summed E-state index contributed by atoms with van der Waals surface area (Å²) in [6.07, 6.45) is 6.47. The van der Waals surface area contributed by atoms with Gasteiger partial charge in [0.2, 0.25) is 11.8 Å². The van der Waals surface area contributed by atoms with Crippen LogP contribution in [-0.2, 0) is 11.3 Å². The maximum atomic E-state index is 11.6. The van der Waals surface area contributed by atoms with Gasteiger partial charge < -0.3 is 15.5 Å². The van der Waals surface area contributed by atoms with Crippen molar-refractivity contribution in [3.63, 3.8) is 0 Å². The molecule has 0 saturated carbocycles. The van der Waals surface area contributed by atoms with E-state index in [0.717, 1.165) is 55.7 Å². The Morgan fingerprint density at radius 3 is 2.65 bits per heavy atom. The molecule has 1 aromatic heterocycles. The molecule has 1 heterocycles. The zero-order valence-electron chi connectivity index (χ0n) is 14.3. The zero-order chi connectivity index (χ0) is 17.1. The highest BCUT2D eigenvalue weighted by molar-refractivity contribution is 7.99. The molecule has 0 spiro atoms. The Morgan fingerprint density at radius 1 is 1.17 bits per heavy atom. The van der Waals surface area contributed by atoms with Gasteiger partial charge in [0.25, 0.3) is 0 Å². The molecule has 0 saturated heterocycles. The standard InChI is InChI=1S/C17H30N2O3S/c1-3-5-8-11-18-15(20)10-7-6-9-12-19-16(21)13-14(17(19)22)23-4-2/h13,21-22H,3-12H2,1-2H3,(H,18,20). The van der Waals surface area contributed by atoms with E-state index in [4.69, 9.17) is 0 Å². The Bertz CT molecular complexity index is 475. The lowest BCUT2D eigenvalue weighted by molar-refractivity contribution is -0.121. The van der Waals surface area contributed by atoms with Crippen molar-refractivity contribution >= 4 is 17.7 Å². The van der Waals surface area contributed by atoms with Crippen LogP contribution >= 0.6 is 11.8 Å². The van der Waals surface area contributed by atoms with Crippen LogP contribution in [0.5, 0.6) is 11.8 Å². The molecule has 0 aliphatic carbocycles. The van der Waals surface area contributed by atoms with Crippen LogP contribution in [0.1, 0.15) is 58.8 Å². The summed E-state index contributed by atoms with van der Waals surface area (Å²) in [5.41, 5.74) is 0. The van der Waals surface area contributed by atoms with Crippen molar-refractivity contribution in [3.8, 4) is 11.8 Å². The number of thioether (sulfide) groups is 1. The molecule has 0 aliphatic rings. The number of aromatic nitrogens is 1. The molecule has 3 N–H and O–H groups in total. The molecular formula is C17H30N2O3S. The third-order valence-corrected chi connectivity index (χ3v) is 4.60. The number of hydrogen-bond acceptors (Lipinski definition) is 4. The minimum Gasteiger partial charge on any atom is -0.494 e. The molecule has 0 aromatic carbocycles. The van der Waals surface area contributed by atoms with Crippen LogP contribution in [0, 0.1) is 0 Å². The van der Waals surface area contributed by atoms with Crippen LogP contribution in [0.15, 0.2) is 11.0 Å². The second-order valence-corrected chi connectivity index (χ2v) is 6.95. The van der Waals surface area contributed by atoms with Gasteiger partial charge >= 0.3 is 0 Å². The summed E-state index contributed by atoms with van der Waals surface area (Å²) in [5.74, 6) is 1.22. The van der Waals surface area contributed by atoms with Gasteiger partial charge in [-0.25, -0.2) is 0 Å². The van der Waals surface area contributed by atoms with Crippen LogP contribution in [0.2, 0.25) is 0 Å². The van der Waals surface area contributed by atoms with Crippen molar-refractivity contribution < 1.29 is 15.0 Å². The summed E-state index contributed by atoms with van der Waals surface area (Å²) in [6, 6.07) is 1.60. The van der Waals surface area contributed by atoms with Crippen molar-refractivity contribution in [1.29, 1.82) is 0 Å². The number of carbonyl (C=O) groups excluding carboxylic acids is 1. The Morgan fingerprint density at radius 2 is 1.96 bits per heavy atom. The first-order valence-corrected chi connectivity index (χ1v) is 9.59. The maximum Gasteiger partial charge on any atom is 0.219 e. The molecule has 0 fully saturated rings. The molecule has 0 radical (unpaired) electrons. The van der Waals surface area contributed by atoms with Crippen LogP contribution < -0.4 is 5.32 Å². The summed E-state index contributed by atoms with van der Waals surface area (Å²) in [7, 11) is 0. The van der Waals surface area contributed by atoms with E-state index in [0.29, 0.717) is 13.0 Å². The van der Waals surface area contributed by atoms with Crippen molar-refractivity contribution in [1.82, 2.24) is 9.88 Å². The van der Waals surface area contributed by atoms with Crippen molar-refractivity contribution in [2.24, 2.45) is 0 Å². The fraction of sp³-hybridized carbons (Fsp3) is 0.706. The molecule has 1 aromatic rings. The fourth-order valence-electron chi connectivity index (χ4n) is 2.41. The van der Waals surface area contributed by atoms with Gasteiger partial charge in [-0.2, -0.15) is 0 Å². The molecule has 132 valence electrons. The Hall–Kier alpha value is -1.30. The first kappa shape index (κ1) is 19.7. The second-order valence-electron chi connectivity index (χ2n) is 5.64. The van der Waals surface area contributed by atoms with Gasteiger partial charge in [-0.05, 0) is 25.0 Å². The zero-order valence-corrected chi connectivity index (χ0v) is 15.1. The number of aromatic hydroxyl groups is 2. The van der Waals surface area contributed by atoms with E-state index >= 15 is 0 Å². The van der Waals surface area contributed by atoms with Gasteiger partial charge in [0.15, 0.2) is 5.88 Å². The predicted molar refractivity (Wildman–Crippen MR) is 95.2 cm³/mol. The van der Waals surface area contributed by atoms with E-state index in [-0.39, 0.29) is 17.7 Å². The van der Waals surface area contributed by atoms with Crippen molar-refractivity contribution in [3.05, 3.63) is 6.07 Å². The van der Waals surface area contributed by atoms with Crippen LogP contribution in [-0.4, -0.2) is 33.0 Å². The number of amides is 1. The van der Waals surface area contributed by atoms with Gasteiger partial charge in [-0.3, -0.25) is 9.36 Å². The summed E-state index contributed by atoms with van der Waals surface area (Å²) >= 11 is 1.51. The van der Waals surface area contributed by atoms with Crippen molar-refractivity contribution in [2.75, 3.05) is 12.3 Å². The number of carbonyl (C=O) groups is 1. The van der Waals surface area contributed by atoms with E-state index in [2.05, 4.69) is 12.2 Å². The lowest BCUT2D eigenvalue weighted by atomic mass is 10.2. The Labute approximate surface area is 143 Å². The van der Waals surface area contributed by atoms with Crippen LogP contribution in [0.25, 0.3) is 0 Å². The van der Waals surface area contributed by atoms with Crippen LogP contribution in [0.3, 0.4) is 0 Å². The molecular weight excluding hydrogens is 312 g/mol. The fourth-order valence-corrected chi connectivity index (χ4v) is 3.15. The normalized spacial score (nSPS) is 10.9. The average molecular weight is 343 g/mol. The lowest BCUT2D eigenvalue weighted by Gasteiger charge is -2.07. The Balaban J connectivity index is 2.19. The smallest absolute Gasteiger partial charge is 0.219 e. The number of nitrogens with one attached hydrogen (secondary N) is 1. The van der Waals surface area contributed by atoms with E-state index in [1.54, 1.807) is 6.07 Å². The summed E-state index contributed by atoms with van der Waals surface area (Å²) in [4.78, 5) is 12.3. The number of hydrogen-bond donors (Lipinski definition) is 3. The first-order chi connectivity index (χ1) is 11.1. The van der Waals surface area contributed by atoms with Gasteiger partial charge in [-0.1, -0.05) is 33.1 Å². The summed E-state index contributed by atoms with van der Waals surface area (Å²) < 4.78 is 1.53. The van der Waals surface area contributed by atoms with E-state index < -0.39 is 0 Å². The molecule has 1 amide bonds. The first-order valence-electron chi connectivity index (χ1n) is 8.61. The van der Waals surface area contributed by atoms with Gasteiger partial charge in [0.05, 0.1) is 4.90 Å². The van der Waals surface area contributed by atoms with E-state index in [9.17, 15) is 15.0 Å². The molecule has 5 nitrogen and oxygen atoms in total. The van der Waals surface area contributed by atoms with Gasteiger partial charge in [0, 0.05) is 25.6 Å². The number of nitrogens with zero attached hydrogens (tertiary/aromatic N) is 1. The summed E-state index contributed by atoms with van der Waals surface area (Å²) in [5, 5.41) is 22.8. The van der Waals surface area contributed by atoms with Crippen molar-refractivity contribution in [2.45, 2.75) is 70.2 Å². The molecule has 6 heteroatoms. The average Bonchev–Trinajstić information content (AvgIpc) is 2.79. The topological polar surface area (TPSA) is 74.5 Å². The molecule has 0 aliphatic heterocycles. The third-order valence-electron chi connectivity index (χ3n) is 3.70. The van der Waals surface area contributed by atoms with E-state index in [1.807, 2.05) is 6.92 Å². The minimum atomic E-state index is 0.104. The SMILES string of the molecule is CCCCCNC(=O)CCCCCn1c(O)cc(SCC)c1O. The largest absolute Gasteiger partial charge is 0.494 e. The van der Waals surface area contributed by atoms with Crippen LogP contribution in [0.4, 0.5) is 0 Å². The lowest BCUT2D eigenvalue weighted by Crippen LogP contribution is -2.23. The quantitative estimate of drug-likeness (QED) is 0.398. The van der Waals surface area contributed by atoms with E-state index in [1.165, 1.54) is 16.3 Å². The number of unbranched alkanes of at least 4 members (excludes halogenated alkanes) is 4. The van der Waals surface area contributed by atoms with Gasteiger partial charge in [0.1, 0.15) is 0 Å². The molecule has 0 bridgehead atoms. The van der Waals surface area contributed by atoms with Gasteiger partial charge in [-0.15, -0.1) is 11.8 Å². The predicted octanol–water partition coefficient (Wildman–Crippen LogP) is 3.88. The molecule has 23 heavy (non-hydrogen) atoms. The molecule has 0 unspecified atom stereocenters. The third kappa shape index (κ3) is 7.20. The highest BCUT2D eigenvalue weighted by atomic mass is 32.2. The highest BCUT2D eigenvalue weighted by Gasteiger charge is 2.13. The Kier molecular flexibility index (Phi) is 9.67. The maximum absolute atomic E-state index is 11.6. The monoisotopic (exact) mass is 342 g/mol. The highest BCUT2D eigenvalue weighted by Crippen LogP contribution is 2.35. The minimum absolute atomic E-state index is 0.104. The molecule has 1 rings (SSSR count).